The molecule has 2 amide bonds. The molecular weight excluding hydrogens is 342 g/mol. The number of pyridine rings is 1. The molecule has 0 saturated carbocycles. The Morgan fingerprint density at radius 1 is 1.15 bits per heavy atom. The molecule has 3 heterocycles. The first-order chi connectivity index (χ1) is 13.1. The van der Waals surface area contributed by atoms with Crippen LogP contribution in [0.5, 0.6) is 0 Å². The fourth-order valence-electron chi connectivity index (χ4n) is 2.59. The lowest BCUT2D eigenvalue weighted by atomic mass is 10.2. The quantitative estimate of drug-likeness (QED) is 0.619. The van der Waals surface area contributed by atoms with Gasteiger partial charge in [0.1, 0.15) is 22.7 Å². The molecule has 0 fully saturated rings. The van der Waals surface area contributed by atoms with Crippen molar-refractivity contribution >= 4 is 23.0 Å². The molecule has 0 aliphatic carbocycles. The van der Waals surface area contributed by atoms with Gasteiger partial charge in [0.15, 0.2) is 5.65 Å². The second kappa shape index (κ2) is 8.57. The lowest BCUT2D eigenvalue weighted by Gasteiger charge is -2.07. The van der Waals surface area contributed by atoms with Gasteiger partial charge in [-0.15, -0.1) is 0 Å². The maximum atomic E-state index is 12.0. The molecule has 0 atom stereocenters. The van der Waals surface area contributed by atoms with Crippen LogP contribution in [0, 0.1) is 0 Å². The predicted octanol–water partition coefficient (Wildman–Crippen LogP) is 3.78. The summed E-state index contributed by atoms with van der Waals surface area (Å²) in [6.07, 6.45) is 6.78. The highest BCUT2D eigenvalue weighted by atomic mass is 16.2. The van der Waals surface area contributed by atoms with Crippen LogP contribution in [0.4, 0.5) is 10.6 Å². The van der Waals surface area contributed by atoms with Crippen LogP contribution in [0.1, 0.15) is 46.1 Å². The minimum Gasteiger partial charge on any atom is -0.338 e. The zero-order chi connectivity index (χ0) is 19.2. The minimum atomic E-state index is -0.266. The summed E-state index contributed by atoms with van der Waals surface area (Å²) >= 11 is 0. The summed E-state index contributed by atoms with van der Waals surface area (Å²) in [5.74, 6) is 0.439. The van der Waals surface area contributed by atoms with E-state index in [2.05, 4.69) is 51.5 Å². The van der Waals surface area contributed by atoms with Gasteiger partial charge in [-0.1, -0.05) is 19.8 Å². The molecule has 0 radical (unpaired) electrons. The molecule has 0 spiro atoms. The van der Waals surface area contributed by atoms with Crippen molar-refractivity contribution in [3.63, 3.8) is 0 Å². The SMILES string of the molecule is CCCCCNC(=O)Nc1ccc2ncc(-c3ccn(C(C)C)n3)nc2n1. The van der Waals surface area contributed by atoms with Gasteiger partial charge < -0.3 is 5.32 Å². The van der Waals surface area contributed by atoms with Crippen molar-refractivity contribution in [1.29, 1.82) is 0 Å². The zero-order valence-corrected chi connectivity index (χ0v) is 15.9. The number of rotatable bonds is 7. The normalized spacial score (nSPS) is 11.1. The van der Waals surface area contributed by atoms with E-state index in [0.717, 1.165) is 25.0 Å². The molecule has 2 N–H and O–H groups in total. The van der Waals surface area contributed by atoms with E-state index in [4.69, 9.17) is 0 Å². The van der Waals surface area contributed by atoms with E-state index in [1.165, 1.54) is 0 Å². The molecule has 0 aliphatic heterocycles. The van der Waals surface area contributed by atoms with Gasteiger partial charge in [0.2, 0.25) is 0 Å². The standard InChI is InChI=1S/C19H25N7O/c1-4-5-6-10-20-19(27)24-17-8-7-15-18(23-17)22-16(12-21-15)14-9-11-26(25-14)13(2)3/h7-9,11-13H,4-6,10H2,1-3H3,(H2,20,22,23,24,27). The van der Waals surface area contributed by atoms with Crippen LogP contribution in [0.25, 0.3) is 22.6 Å². The van der Waals surface area contributed by atoms with Gasteiger partial charge in [0.25, 0.3) is 0 Å². The van der Waals surface area contributed by atoms with Crippen LogP contribution in [-0.4, -0.2) is 37.3 Å². The molecule has 142 valence electrons. The summed E-state index contributed by atoms with van der Waals surface area (Å²) in [7, 11) is 0. The van der Waals surface area contributed by atoms with Gasteiger partial charge in [0.05, 0.1) is 6.20 Å². The summed E-state index contributed by atoms with van der Waals surface area (Å²) in [4.78, 5) is 25.3. The van der Waals surface area contributed by atoms with Crippen molar-refractivity contribution in [2.75, 3.05) is 11.9 Å². The number of amides is 2. The number of nitrogens with one attached hydrogen (secondary N) is 2. The molecule has 27 heavy (non-hydrogen) atoms. The topological polar surface area (TPSA) is 97.6 Å². The predicted molar refractivity (Wildman–Crippen MR) is 105 cm³/mol. The van der Waals surface area contributed by atoms with Crippen LogP contribution in [-0.2, 0) is 0 Å². The average molecular weight is 367 g/mol. The van der Waals surface area contributed by atoms with Crippen LogP contribution in [0.2, 0.25) is 0 Å². The third-order valence-electron chi connectivity index (χ3n) is 4.11. The van der Waals surface area contributed by atoms with Crippen molar-refractivity contribution in [2.45, 2.75) is 46.1 Å². The number of carbonyl (C=O) groups is 1. The summed E-state index contributed by atoms with van der Waals surface area (Å²) in [5.41, 5.74) is 2.52. The zero-order valence-electron chi connectivity index (χ0n) is 15.9. The highest BCUT2D eigenvalue weighted by Gasteiger charge is 2.10. The number of hydrogen-bond acceptors (Lipinski definition) is 5. The highest BCUT2D eigenvalue weighted by Crippen LogP contribution is 2.19. The molecule has 0 bridgehead atoms. The molecule has 0 aliphatic rings. The van der Waals surface area contributed by atoms with E-state index < -0.39 is 0 Å². The number of nitrogens with zero attached hydrogens (tertiary/aromatic N) is 5. The first-order valence-electron chi connectivity index (χ1n) is 9.31. The summed E-state index contributed by atoms with van der Waals surface area (Å²) in [6.45, 7) is 6.91. The lowest BCUT2D eigenvalue weighted by Crippen LogP contribution is -2.29. The van der Waals surface area contributed by atoms with E-state index in [9.17, 15) is 4.79 Å². The second-order valence-electron chi connectivity index (χ2n) is 6.66. The molecule has 8 nitrogen and oxygen atoms in total. The van der Waals surface area contributed by atoms with Crippen molar-refractivity contribution in [2.24, 2.45) is 0 Å². The van der Waals surface area contributed by atoms with E-state index in [1.54, 1.807) is 18.3 Å². The number of anilines is 1. The molecule has 8 heteroatoms. The van der Waals surface area contributed by atoms with E-state index in [-0.39, 0.29) is 12.1 Å². The molecule has 0 aromatic carbocycles. The van der Waals surface area contributed by atoms with Crippen molar-refractivity contribution in [3.8, 4) is 11.4 Å². The Hall–Kier alpha value is -3.03. The first-order valence-corrected chi connectivity index (χ1v) is 9.31. The fraction of sp³-hybridized carbons (Fsp3) is 0.421. The van der Waals surface area contributed by atoms with Gasteiger partial charge in [-0.3, -0.25) is 15.0 Å². The second-order valence-corrected chi connectivity index (χ2v) is 6.66. The van der Waals surface area contributed by atoms with Crippen LogP contribution >= 0.6 is 0 Å². The van der Waals surface area contributed by atoms with Gasteiger partial charge in [-0.05, 0) is 38.5 Å². The number of hydrogen-bond donors (Lipinski definition) is 2. The smallest absolute Gasteiger partial charge is 0.320 e. The van der Waals surface area contributed by atoms with Crippen molar-refractivity contribution in [1.82, 2.24) is 30.0 Å². The monoisotopic (exact) mass is 367 g/mol. The number of fused-ring (bicyclic) bond motifs is 1. The molecule has 0 unspecified atom stereocenters. The Morgan fingerprint density at radius 3 is 2.74 bits per heavy atom. The minimum absolute atomic E-state index is 0.266. The Labute approximate surface area is 158 Å². The molecule has 0 saturated heterocycles. The Kier molecular flexibility index (Phi) is 5.95. The highest BCUT2D eigenvalue weighted by molar-refractivity contribution is 5.89. The van der Waals surface area contributed by atoms with E-state index in [0.29, 0.717) is 29.2 Å². The van der Waals surface area contributed by atoms with Gasteiger partial charge >= 0.3 is 6.03 Å². The number of unbranched alkanes of at least 4 members (excludes halogenated alkanes) is 2. The Bertz CT molecular complexity index is 919. The van der Waals surface area contributed by atoms with Crippen molar-refractivity contribution < 1.29 is 4.79 Å². The van der Waals surface area contributed by atoms with Gasteiger partial charge in [0, 0.05) is 18.8 Å². The van der Waals surface area contributed by atoms with Crippen LogP contribution in [0.15, 0.2) is 30.6 Å². The van der Waals surface area contributed by atoms with E-state index in [1.807, 2.05) is 16.9 Å². The Morgan fingerprint density at radius 2 is 2.00 bits per heavy atom. The third-order valence-corrected chi connectivity index (χ3v) is 4.11. The molecule has 3 aromatic rings. The average Bonchev–Trinajstić information content (AvgIpc) is 3.15. The number of aromatic nitrogens is 5. The summed E-state index contributed by atoms with van der Waals surface area (Å²) in [6, 6.07) is 5.42. The number of carbonyl (C=O) groups excluding carboxylic acids is 1. The largest absolute Gasteiger partial charge is 0.338 e. The maximum absolute atomic E-state index is 12.0. The van der Waals surface area contributed by atoms with Crippen LogP contribution < -0.4 is 10.6 Å². The third kappa shape index (κ3) is 4.78. The summed E-state index contributed by atoms with van der Waals surface area (Å²) < 4.78 is 1.87. The first kappa shape index (κ1) is 18.8. The number of urea groups is 1. The maximum Gasteiger partial charge on any atom is 0.320 e. The molecule has 3 aromatic heterocycles. The van der Waals surface area contributed by atoms with Gasteiger partial charge in [-0.25, -0.2) is 14.8 Å². The molecule has 3 rings (SSSR count). The fourth-order valence-corrected chi connectivity index (χ4v) is 2.59. The Balaban J connectivity index is 1.74. The van der Waals surface area contributed by atoms with E-state index >= 15 is 0 Å². The lowest BCUT2D eigenvalue weighted by molar-refractivity contribution is 0.252. The summed E-state index contributed by atoms with van der Waals surface area (Å²) in [5, 5.41) is 10.1. The van der Waals surface area contributed by atoms with Gasteiger partial charge in [-0.2, -0.15) is 5.10 Å². The van der Waals surface area contributed by atoms with Crippen LogP contribution in [0.3, 0.4) is 0 Å². The van der Waals surface area contributed by atoms with Crippen molar-refractivity contribution in [3.05, 3.63) is 30.6 Å². The molecular formula is C19H25N7O.